The van der Waals surface area contributed by atoms with Crippen LogP contribution in [0, 0.1) is 0 Å². The van der Waals surface area contributed by atoms with Gasteiger partial charge < -0.3 is 10.1 Å². The number of rotatable bonds is 5. The number of halogens is 2. The highest BCUT2D eigenvalue weighted by atomic mass is 35.5. The van der Waals surface area contributed by atoms with Gasteiger partial charge >= 0.3 is 0 Å². The van der Waals surface area contributed by atoms with Crippen LogP contribution >= 0.6 is 23.2 Å². The van der Waals surface area contributed by atoms with E-state index in [1.807, 2.05) is 0 Å². The monoisotopic (exact) mass is 396 g/mol. The second kappa shape index (κ2) is 9.23. The van der Waals surface area contributed by atoms with Crippen LogP contribution in [0.5, 0.6) is 0 Å². The van der Waals surface area contributed by atoms with Gasteiger partial charge in [0.1, 0.15) is 0 Å². The third kappa shape index (κ3) is 4.80. The molecule has 2 saturated heterocycles. The first-order chi connectivity index (χ1) is 12.6. The van der Waals surface area contributed by atoms with Gasteiger partial charge in [0.2, 0.25) is 5.91 Å². The van der Waals surface area contributed by atoms with Crippen molar-refractivity contribution >= 4 is 35.2 Å². The maximum absolute atomic E-state index is 12.4. The zero-order valence-electron chi connectivity index (χ0n) is 15.0. The molecule has 4 nitrogen and oxygen atoms in total. The lowest BCUT2D eigenvalue weighted by atomic mass is 9.86. The molecule has 1 amide bonds. The zero-order valence-corrected chi connectivity index (χ0v) is 16.5. The van der Waals surface area contributed by atoms with Crippen molar-refractivity contribution in [2.45, 2.75) is 37.6 Å². The molecule has 6 heteroatoms. The van der Waals surface area contributed by atoms with E-state index in [4.69, 9.17) is 27.9 Å². The Labute approximate surface area is 165 Å². The molecule has 26 heavy (non-hydrogen) atoms. The Morgan fingerprint density at radius 2 is 1.81 bits per heavy atom. The predicted molar refractivity (Wildman–Crippen MR) is 107 cm³/mol. The van der Waals surface area contributed by atoms with Crippen LogP contribution in [0.2, 0.25) is 10.0 Å². The van der Waals surface area contributed by atoms with Crippen molar-refractivity contribution in [2.24, 2.45) is 0 Å². The standard InChI is InChI=1S/C20H26Cl2N2O2/c21-17-5-4-6-18(22)16(17)7-8-19(25)23-15-20(9-13-26-14-10-20)24-11-2-1-3-12-24/h4-8H,1-3,9-15H2,(H,23,25)/b8-7+. The number of likely N-dealkylation sites (tertiary alicyclic amines) is 1. The fourth-order valence-corrected chi connectivity index (χ4v) is 4.39. The van der Waals surface area contributed by atoms with E-state index in [0.29, 0.717) is 22.2 Å². The molecule has 0 unspecified atom stereocenters. The Morgan fingerprint density at radius 1 is 1.15 bits per heavy atom. The zero-order chi connectivity index (χ0) is 18.4. The first-order valence-corrected chi connectivity index (χ1v) is 10.1. The van der Waals surface area contributed by atoms with Crippen LogP contribution in [0.1, 0.15) is 37.7 Å². The van der Waals surface area contributed by atoms with Gasteiger partial charge in [-0.1, -0.05) is 35.7 Å². The summed E-state index contributed by atoms with van der Waals surface area (Å²) in [6, 6.07) is 5.31. The average Bonchev–Trinajstić information content (AvgIpc) is 2.67. The molecule has 0 aromatic heterocycles. The summed E-state index contributed by atoms with van der Waals surface area (Å²) in [5, 5.41) is 4.17. The molecule has 0 atom stereocenters. The summed E-state index contributed by atoms with van der Waals surface area (Å²) >= 11 is 12.3. The lowest BCUT2D eigenvalue weighted by molar-refractivity contribution is -0.118. The summed E-state index contributed by atoms with van der Waals surface area (Å²) in [5.41, 5.74) is 0.687. The number of nitrogens with one attached hydrogen (secondary N) is 1. The van der Waals surface area contributed by atoms with E-state index < -0.39 is 0 Å². The molecule has 2 aliphatic rings. The number of carbonyl (C=O) groups is 1. The largest absolute Gasteiger partial charge is 0.381 e. The Kier molecular flexibility index (Phi) is 6.98. The van der Waals surface area contributed by atoms with Crippen molar-refractivity contribution in [1.29, 1.82) is 0 Å². The van der Waals surface area contributed by atoms with E-state index in [1.54, 1.807) is 24.3 Å². The minimum atomic E-state index is -0.121. The van der Waals surface area contributed by atoms with E-state index in [-0.39, 0.29) is 11.4 Å². The molecule has 0 radical (unpaired) electrons. The highest BCUT2D eigenvalue weighted by molar-refractivity contribution is 6.37. The number of hydrogen-bond acceptors (Lipinski definition) is 3. The fraction of sp³-hybridized carbons (Fsp3) is 0.550. The van der Waals surface area contributed by atoms with Crippen LogP contribution in [0.4, 0.5) is 0 Å². The summed E-state index contributed by atoms with van der Waals surface area (Å²) in [6.07, 6.45) is 8.90. The lowest BCUT2D eigenvalue weighted by Gasteiger charge is -2.48. The molecule has 142 valence electrons. The Bertz CT molecular complexity index is 631. The van der Waals surface area contributed by atoms with Crippen LogP contribution < -0.4 is 5.32 Å². The fourth-order valence-electron chi connectivity index (χ4n) is 3.86. The first kappa shape index (κ1) is 19.7. The van der Waals surface area contributed by atoms with E-state index in [9.17, 15) is 4.79 Å². The maximum Gasteiger partial charge on any atom is 0.244 e. The minimum absolute atomic E-state index is 0.0181. The summed E-state index contributed by atoms with van der Waals surface area (Å²) in [6.45, 7) is 4.40. The number of benzene rings is 1. The molecule has 0 aliphatic carbocycles. The van der Waals surface area contributed by atoms with Gasteiger partial charge in [-0.2, -0.15) is 0 Å². The third-order valence-electron chi connectivity index (χ3n) is 5.44. The number of piperidine rings is 1. The lowest BCUT2D eigenvalue weighted by Crippen LogP contribution is -2.59. The van der Waals surface area contributed by atoms with E-state index in [1.165, 1.54) is 25.3 Å². The van der Waals surface area contributed by atoms with Crippen LogP contribution in [0.3, 0.4) is 0 Å². The maximum atomic E-state index is 12.4. The molecule has 3 rings (SSSR count). The Hall–Kier alpha value is -1.07. The predicted octanol–water partition coefficient (Wildman–Crippen LogP) is 4.16. The minimum Gasteiger partial charge on any atom is -0.381 e. The topological polar surface area (TPSA) is 41.6 Å². The van der Waals surface area contributed by atoms with Crippen LogP contribution in [0.15, 0.2) is 24.3 Å². The third-order valence-corrected chi connectivity index (χ3v) is 6.10. The van der Waals surface area contributed by atoms with Gasteiger partial charge in [-0.05, 0) is 57.0 Å². The van der Waals surface area contributed by atoms with Gasteiger partial charge in [0, 0.05) is 47.0 Å². The van der Waals surface area contributed by atoms with Gasteiger partial charge in [0.15, 0.2) is 0 Å². The number of amides is 1. The van der Waals surface area contributed by atoms with Crippen molar-refractivity contribution in [3.63, 3.8) is 0 Å². The van der Waals surface area contributed by atoms with Crippen molar-refractivity contribution in [3.8, 4) is 0 Å². The van der Waals surface area contributed by atoms with Gasteiger partial charge in [-0.15, -0.1) is 0 Å². The van der Waals surface area contributed by atoms with Crippen molar-refractivity contribution in [1.82, 2.24) is 10.2 Å². The molecule has 1 aromatic rings. The second-order valence-corrected chi connectivity index (χ2v) is 7.89. The SMILES string of the molecule is O=C(/C=C/c1c(Cl)cccc1Cl)NCC1(N2CCCCC2)CCOCC1. The Morgan fingerprint density at radius 3 is 2.46 bits per heavy atom. The molecule has 0 spiro atoms. The molecule has 2 fully saturated rings. The summed E-state index contributed by atoms with van der Waals surface area (Å²) in [5.74, 6) is -0.121. The smallest absolute Gasteiger partial charge is 0.244 e. The summed E-state index contributed by atoms with van der Waals surface area (Å²) in [7, 11) is 0. The van der Waals surface area contributed by atoms with Crippen LogP contribution in [-0.4, -0.2) is 49.2 Å². The van der Waals surface area contributed by atoms with Crippen molar-refractivity contribution < 1.29 is 9.53 Å². The van der Waals surface area contributed by atoms with Crippen molar-refractivity contribution in [3.05, 3.63) is 39.9 Å². The summed E-state index contributed by atoms with van der Waals surface area (Å²) < 4.78 is 5.57. The first-order valence-electron chi connectivity index (χ1n) is 9.33. The molecule has 2 aliphatic heterocycles. The van der Waals surface area contributed by atoms with Gasteiger partial charge in [0.25, 0.3) is 0 Å². The molecule has 0 bridgehead atoms. The average molecular weight is 397 g/mol. The van der Waals surface area contributed by atoms with E-state index in [0.717, 1.165) is 39.1 Å². The Balaban J connectivity index is 1.63. The number of carbonyl (C=O) groups excluding carboxylic acids is 1. The van der Waals surface area contributed by atoms with Crippen LogP contribution in [-0.2, 0) is 9.53 Å². The van der Waals surface area contributed by atoms with Gasteiger partial charge in [-0.3, -0.25) is 9.69 Å². The normalized spacial score (nSPS) is 21.0. The quantitative estimate of drug-likeness (QED) is 0.759. The highest BCUT2D eigenvalue weighted by Gasteiger charge is 2.38. The molecule has 0 saturated carbocycles. The second-order valence-electron chi connectivity index (χ2n) is 7.07. The van der Waals surface area contributed by atoms with Crippen molar-refractivity contribution in [2.75, 3.05) is 32.8 Å². The molecule has 2 heterocycles. The molecular formula is C20H26Cl2N2O2. The van der Waals surface area contributed by atoms with E-state index in [2.05, 4.69) is 10.2 Å². The van der Waals surface area contributed by atoms with Crippen LogP contribution in [0.25, 0.3) is 6.08 Å². The van der Waals surface area contributed by atoms with Gasteiger partial charge in [0.05, 0.1) is 0 Å². The summed E-state index contributed by atoms with van der Waals surface area (Å²) in [4.78, 5) is 14.9. The number of nitrogens with zero attached hydrogens (tertiary/aromatic N) is 1. The highest BCUT2D eigenvalue weighted by Crippen LogP contribution is 2.30. The molecular weight excluding hydrogens is 371 g/mol. The molecule has 1 aromatic carbocycles. The van der Waals surface area contributed by atoms with E-state index >= 15 is 0 Å². The molecule has 1 N–H and O–H groups in total. The number of ether oxygens (including phenoxy) is 1. The van der Waals surface area contributed by atoms with Gasteiger partial charge in [-0.25, -0.2) is 0 Å². The number of hydrogen-bond donors (Lipinski definition) is 1.